The number of anilines is 1. The second kappa shape index (κ2) is 6.58. The monoisotopic (exact) mass is 410 g/mol. The van der Waals surface area contributed by atoms with Gasteiger partial charge in [-0.3, -0.25) is 4.79 Å². The molecule has 0 saturated carbocycles. The van der Waals surface area contributed by atoms with Gasteiger partial charge in [-0.05, 0) is 77.5 Å². The molecule has 0 heterocycles. The molecule has 0 spiro atoms. The Bertz CT molecular complexity index is 409. The average molecular weight is 411 g/mol. The van der Waals surface area contributed by atoms with Gasteiger partial charge in [0.25, 0.3) is 0 Å². The smallest absolute Gasteiger partial charge is 0.242 e. The average Bonchev–Trinajstić information content (AvgIpc) is 2.22. The van der Waals surface area contributed by atoms with Crippen molar-refractivity contribution in [1.82, 2.24) is 5.32 Å². The van der Waals surface area contributed by atoms with Crippen molar-refractivity contribution in [2.75, 3.05) is 5.32 Å². The van der Waals surface area contributed by atoms with Gasteiger partial charge in [0.2, 0.25) is 5.91 Å². The minimum Gasteiger partial charge on any atom is -0.374 e. The highest BCUT2D eigenvalue weighted by Gasteiger charge is 2.13. The summed E-state index contributed by atoms with van der Waals surface area (Å²) >= 11 is 5.72. The molecule has 0 aromatic heterocycles. The zero-order valence-corrected chi connectivity index (χ0v) is 13.8. The van der Waals surface area contributed by atoms with Crippen molar-refractivity contribution in [3.63, 3.8) is 0 Å². The normalized spacial score (nSPS) is 12.4. The van der Waals surface area contributed by atoms with Gasteiger partial charge in [-0.2, -0.15) is 0 Å². The van der Waals surface area contributed by atoms with Crippen molar-refractivity contribution in [2.24, 2.45) is 0 Å². The number of benzene rings is 1. The minimum atomic E-state index is -0.246. The standard InChI is InChI=1S/C12H16BrIN2O/c1-7(2)15-12(17)8(3)16-9-4-5-11(14)10(13)6-9/h4-8,16H,1-3H3,(H,15,17). The van der Waals surface area contributed by atoms with Crippen molar-refractivity contribution in [1.29, 1.82) is 0 Å². The Morgan fingerprint density at radius 1 is 1.35 bits per heavy atom. The van der Waals surface area contributed by atoms with Crippen molar-refractivity contribution in [3.05, 3.63) is 26.2 Å². The first-order valence-electron chi connectivity index (χ1n) is 5.42. The molecular weight excluding hydrogens is 395 g/mol. The number of amides is 1. The van der Waals surface area contributed by atoms with Gasteiger partial charge >= 0.3 is 0 Å². The zero-order chi connectivity index (χ0) is 13.0. The summed E-state index contributed by atoms with van der Waals surface area (Å²) in [6.07, 6.45) is 0. The summed E-state index contributed by atoms with van der Waals surface area (Å²) in [5.74, 6) is 0.00896. The van der Waals surface area contributed by atoms with Gasteiger partial charge in [0.05, 0.1) is 0 Å². The fourth-order valence-corrected chi connectivity index (χ4v) is 2.03. The van der Waals surface area contributed by atoms with Gasteiger partial charge in [0, 0.05) is 19.8 Å². The van der Waals surface area contributed by atoms with Crippen LogP contribution in [0.4, 0.5) is 5.69 Å². The Morgan fingerprint density at radius 2 is 2.00 bits per heavy atom. The molecule has 0 bridgehead atoms. The van der Waals surface area contributed by atoms with Gasteiger partial charge < -0.3 is 10.6 Å². The van der Waals surface area contributed by atoms with Gasteiger partial charge in [-0.25, -0.2) is 0 Å². The lowest BCUT2D eigenvalue weighted by atomic mass is 10.2. The van der Waals surface area contributed by atoms with Crippen LogP contribution in [0.15, 0.2) is 22.7 Å². The van der Waals surface area contributed by atoms with E-state index < -0.39 is 0 Å². The maximum Gasteiger partial charge on any atom is 0.242 e. The predicted octanol–water partition coefficient (Wildman–Crippen LogP) is 3.38. The summed E-state index contributed by atoms with van der Waals surface area (Å²) < 4.78 is 2.17. The maximum atomic E-state index is 11.7. The summed E-state index contributed by atoms with van der Waals surface area (Å²) in [6, 6.07) is 5.85. The first-order chi connectivity index (χ1) is 7.90. The van der Waals surface area contributed by atoms with E-state index in [9.17, 15) is 4.79 Å². The first-order valence-corrected chi connectivity index (χ1v) is 7.29. The van der Waals surface area contributed by atoms with Crippen LogP contribution in [-0.2, 0) is 4.79 Å². The van der Waals surface area contributed by atoms with Crippen LogP contribution in [-0.4, -0.2) is 18.0 Å². The third-order valence-electron chi connectivity index (χ3n) is 2.13. The highest BCUT2D eigenvalue weighted by Crippen LogP contribution is 2.23. The molecular formula is C12H16BrIN2O. The predicted molar refractivity (Wildman–Crippen MR) is 83.2 cm³/mol. The molecule has 0 radical (unpaired) electrons. The highest BCUT2D eigenvalue weighted by molar-refractivity contribution is 14.1. The van der Waals surface area contributed by atoms with E-state index in [2.05, 4.69) is 49.2 Å². The van der Waals surface area contributed by atoms with E-state index in [-0.39, 0.29) is 18.0 Å². The number of carbonyl (C=O) groups excluding carboxylic acids is 1. The lowest BCUT2D eigenvalue weighted by Gasteiger charge is -2.17. The van der Waals surface area contributed by atoms with Gasteiger partial charge in [-0.1, -0.05) is 0 Å². The molecule has 2 N–H and O–H groups in total. The fraction of sp³-hybridized carbons (Fsp3) is 0.417. The SMILES string of the molecule is CC(C)NC(=O)C(C)Nc1ccc(I)c(Br)c1. The van der Waals surface area contributed by atoms with Crippen LogP contribution in [0.1, 0.15) is 20.8 Å². The number of rotatable bonds is 4. The van der Waals surface area contributed by atoms with E-state index in [1.165, 1.54) is 0 Å². The van der Waals surface area contributed by atoms with E-state index in [1.807, 2.05) is 39.0 Å². The Balaban J connectivity index is 2.64. The van der Waals surface area contributed by atoms with Crippen LogP contribution in [0.3, 0.4) is 0 Å². The van der Waals surface area contributed by atoms with Crippen LogP contribution in [0, 0.1) is 3.57 Å². The number of hydrogen-bond acceptors (Lipinski definition) is 2. The van der Waals surface area contributed by atoms with Gasteiger partial charge in [0.1, 0.15) is 6.04 Å². The summed E-state index contributed by atoms with van der Waals surface area (Å²) in [4.78, 5) is 11.7. The Kier molecular flexibility index (Phi) is 5.72. The molecule has 1 unspecified atom stereocenters. The fourth-order valence-electron chi connectivity index (χ4n) is 1.31. The maximum absolute atomic E-state index is 11.7. The topological polar surface area (TPSA) is 41.1 Å². The van der Waals surface area contributed by atoms with Crippen LogP contribution in [0.5, 0.6) is 0 Å². The molecule has 5 heteroatoms. The second-order valence-electron chi connectivity index (χ2n) is 4.16. The Labute approximate surface area is 124 Å². The van der Waals surface area contributed by atoms with Crippen LogP contribution >= 0.6 is 38.5 Å². The van der Waals surface area contributed by atoms with Crippen molar-refractivity contribution in [2.45, 2.75) is 32.9 Å². The molecule has 0 aliphatic rings. The molecule has 0 aliphatic heterocycles. The molecule has 94 valence electrons. The van der Waals surface area contributed by atoms with Gasteiger partial charge in [-0.15, -0.1) is 0 Å². The third-order valence-corrected chi connectivity index (χ3v) is 4.46. The van der Waals surface area contributed by atoms with E-state index >= 15 is 0 Å². The molecule has 0 aliphatic carbocycles. The quantitative estimate of drug-likeness (QED) is 0.747. The van der Waals surface area contributed by atoms with E-state index in [1.54, 1.807) is 0 Å². The van der Waals surface area contributed by atoms with Crippen molar-refractivity contribution >= 4 is 50.1 Å². The zero-order valence-electron chi connectivity index (χ0n) is 10.1. The van der Waals surface area contributed by atoms with E-state index in [0.717, 1.165) is 13.7 Å². The molecule has 1 atom stereocenters. The number of halogens is 2. The van der Waals surface area contributed by atoms with Gasteiger partial charge in [0.15, 0.2) is 0 Å². The van der Waals surface area contributed by atoms with E-state index in [4.69, 9.17) is 0 Å². The molecule has 3 nitrogen and oxygen atoms in total. The summed E-state index contributed by atoms with van der Waals surface area (Å²) in [5, 5.41) is 6.04. The summed E-state index contributed by atoms with van der Waals surface area (Å²) in [6.45, 7) is 5.75. The molecule has 1 aromatic rings. The highest BCUT2D eigenvalue weighted by atomic mass is 127. The van der Waals surface area contributed by atoms with Crippen molar-refractivity contribution < 1.29 is 4.79 Å². The molecule has 1 rings (SSSR count). The van der Waals surface area contributed by atoms with Crippen molar-refractivity contribution in [3.8, 4) is 0 Å². The summed E-state index contributed by atoms with van der Waals surface area (Å²) in [7, 11) is 0. The molecule has 1 amide bonds. The van der Waals surface area contributed by atoms with Crippen LogP contribution < -0.4 is 10.6 Å². The first kappa shape index (κ1) is 14.8. The Hall–Kier alpha value is -0.300. The molecule has 0 fully saturated rings. The molecule has 0 saturated heterocycles. The number of nitrogens with one attached hydrogen (secondary N) is 2. The lowest BCUT2D eigenvalue weighted by molar-refractivity contribution is -0.122. The molecule has 1 aromatic carbocycles. The van der Waals surface area contributed by atoms with Crippen LogP contribution in [0.2, 0.25) is 0 Å². The summed E-state index contributed by atoms with van der Waals surface area (Å²) in [5.41, 5.74) is 0.934. The minimum absolute atomic E-state index is 0.00896. The lowest BCUT2D eigenvalue weighted by Crippen LogP contribution is -2.40. The second-order valence-corrected chi connectivity index (χ2v) is 6.17. The Morgan fingerprint density at radius 3 is 2.53 bits per heavy atom. The van der Waals surface area contributed by atoms with Crippen LogP contribution in [0.25, 0.3) is 0 Å². The number of carbonyl (C=O) groups is 1. The largest absolute Gasteiger partial charge is 0.374 e. The molecule has 17 heavy (non-hydrogen) atoms. The third kappa shape index (κ3) is 4.83. The number of hydrogen-bond donors (Lipinski definition) is 2. The van der Waals surface area contributed by atoms with E-state index in [0.29, 0.717) is 0 Å².